The normalized spacial score (nSPS) is 10.4. The maximum Gasteiger partial charge on any atom is 0.271 e. The van der Waals surface area contributed by atoms with Gasteiger partial charge in [0.25, 0.3) is 5.91 Å². The van der Waals surface area contributed by atoms with Gasteiger partial charge in [0.1, 0.15) is 5.82 Å². The monoisotopic (exact) mass is 362 g/mol. The number of hydrogen-bond donors (Lipinski definition) is 2. The standard InChI is InChI=1S/C21H22N4O2/c1-2-20(26)23-19-15-18(24-25(19)17-11-7-4-8-12-17)21(27)22-14-13-16-9-5-3-6-10-16/h3-12,15H,2,13-14H2,1H3,(H,22,27)(H,23,26). The number of aromatic nitrogens is 2. The number of anilines is 1. The summed E-state index contributed by atoms with van der Waals surface area (Å²) in [6.45, 7) is 2.29. The molecule has 0 saturated heterocycles. The Morgan fingerprint density at radius 2 is 1.67 bits per heavy atom. The first-order valence-corrected chi connectivity index (χ1v) is 8.95. The highest BCUT2D eigenvalue weighted by molar-refractivity contribution is 5.95. The summed E-state index contributed by atoms with van der Waals surface area (Å²) in [5, 5.41) is 10.1. The highest BCUT2D eigenvalue weighted by atomic mass is 16.2. The molecule has 0 unspecified atom stereocenters. The highest BCUT2D eigenvalue weighted by Gasteiger charge is 2.16. The van der Waals surface area contributed by atoms with Crippen LogP contribution < -0.4 is 10.6 Å². The molecule has 2 amide bonds. The first-order chi connectivity index (χ1) is 13.2. The first-order valence-electron chi connectivity index (χ1n) is 8.95. The molecule has 0 aliphatic rings. The Morgan fingerprint density at radius 3 is 2.33 bits per heavy atom. The van der Waals surface area contributed by atoms with Crippen molar-refractivity contribution in [3.63, 3.8) is 0 Å². The lowest BCUT2D eigenvalue weighted by atomic mass is 10.1. The Labute approximate surface area is 158 Å². The smallest absolute Gasteiger partial charge is 0.271 e. The lowest BCUT2D eigenvalue weighted by molar-refractivity contribution is -0.115. The number of amides is 2. The third kappa shape index (κ3) is 4.82. The van der Waals surface area contributed by atoms with E-state index in [1.165, 1.54) is 0 Å². The van der Waals surface area contributed by atoms with Crippen LogP contribution in [0.15, 0.2) is 66.7 Å². The van der Waals surface area contributed by atoms with Crippen LogP contribution >= 0.6 is 0 Å². The van der Waals surface area contributed by atoms with Crippen molar-refractivity contribution in [3.05, 3.63) is 78.0 Å². The Morgan fingerprint density at radius 1 is 1.00 bits per heavy atom. The van der Waals surface area contributed by atoms with E-state index >= 15 is 0 Å². The highest BCUT2D eigenvalue weighted by Crippen LogP contribution is 2.17. The number of carbonyl (C=O) groups excluding carboxylic acids is 2. The maximum atomic E-state index is 12.5. The average Bonchev–Trinajstić information content (AvgIpc) is 3.13. The van der Waals surface area contributed by atoms with E-state index in [-0.39, 0.29) is 17.5 Å². The fraction of sp³-hybridized carbons (Fsp3) is 0.190. The molecule has 0 radical (unpaired) electrons. The van der Waals surface area contributed by atoms with E-state index in [2.05, 4.69) is 15.7 Å². The molecule has 1 heterocycles. The van der Waals surface area contributed by atoms with Crippen LogP contribution in [0.4, 0.5) is 5.82 Å². The van der Waals surface area contributed by atoms with Gasteiger partial charge in [0.2, 0.25) is 5.91 Å². The van der Waals surface area contributed by atoms with Gasteiger partial charge in [0.05, 0.1) is 5.69 Å². The van der Waals surface area contributed by atoms with Crippen LogP contribution in [-0.2, 0) is 11.2 Å². The minimum atomic E-state index is -0.271. The molecule has 0 saturated carbocycles. The number of rotatable bonds is 7. The number of nitrogens with one attached hydrogen (secondary N) is 2. The van der Waals surface area contributed by atoms with Gasteiger partial charge in [0, 0.05) is 19.0 Å². The lowest BCUT2D eigenvalue weighted by Crippen LogP contribution is -2.26. The molecule has 0 bridgehead atoms. The minimum Gasteiger partial charge on any atom is -0.350 e. The summed E-state index contributed by atoms with van der Waals surface area (Å²) in [7, 11) is 0. The Bertz CT molecular complexity index is 904. The quantitative estimate of drug-likeness (QED) is 0.678. The van der Waals surface area contributed by atoms with E-state index in [4.69, 9.17) is 0 Å². The van der Waals surface area contributed by atoms with Gasteiger partial charge in [-0.25, -0.2) is 4.68 Å². The average molecular weight is 362 g/mol. The van der Waals surface area contributed by atoms with Gasteiger partial charge in [0.15, 0.2) is 5.69 Å². The van der Waals surface area contributed by atoms with Crippen LogP contribution in [0.25, 0.3) is 5.69 Å². The van der Waals surface area contributed by atoms with Crippen molar-refractivity contribution in [2.24, 2.45) is 0 Å². The van der Waals surface area contributed by atoms with Crippen molar-refractivity contribution in [2.75, 3.05) is 11.9 Å². The molecule has 1 aromatic heterocycles. The van der Waals surface area contributed by atoms with Crippen LogP contribution in [-0.4, -0.2) is 28.1 Å². The molecule has 2 aromatic carbocycles. The van der Waals surface area contributed by atoms with Crippen LogP contribution in [0, 0.1) is 0 Å². The van der Waals surface area contributed by atoms with E-state index in [0.717, 1.165) is 17.7 Å². The van der Waals surface area contributed by atoms with Crippen LogP contribution in [0.2, 0.25) is 0 Å². The SMILES string of the molecule is CCC(=O)Nc1cc(C(=O)NCCc2ccccc2)nn1-c1ccccc1. The molecule has 0 atom stereocenters. The zero-order chi connectivity index (χ0) is 19.1. The molecule has 2 N–H and O–H groups in total. The topological polar surface area (TPSA) is 76.0 Å². The van der Waals surface area contributed by atoms with E-state index < -0.39 is 0 Å². The summed E-state index contributed by atoms with van der Waals surface area (Å²) < 4.78 is 1.57. The Kier molecular flexibility index (Phi) is 5.99. The molecule has 0 aliphatic heterocycles. The van der Waals surface area contributed by atoms with Crippen molar-refractivity contribution in [3.8, 4) is 5.69 Å². The van der Waals surface area contributed by atoms with Crippen molar-refractivity contribution >= 4 is 17.6 Å². The Hall–Kier alpha value is -3.41. The molecular formula is C21H22N4O2. The zero-order valence-electron chi connectivity index (χ0n) is 15.2. The lowest BCUT2D eigenvalue weighted by Gasteiger charge is -2.07. The van der Waals surface area contributed by atoms with Gasteiger partial charge in [-0.1, -0.05) is 55.5 Å². The number of benzene rings is 2. The number of carbonyl (C=O) groups is 2. The second kappa shape index (κ2) is 8.80. The summed E-state index contributed by atoms with van der Waals surface area (Å²) in [5.41, 5.74) is 2.19. The fourth-order valence-corrected chi connectivity index (χ4v) is 2.63. The molecule has 3 aromatic rings. The Balaban J connectivity index is 1.74. The predicted molar refractivity (Wildman–Crippen MR) is 105 cm³/mol. The number of para-hydroxylation sites is 1. The molecule has 0 spiro atoms. The third-order valence-electron chi connectivity index (χ3n) is 4.07. The molecule has 27 heavy (non-hydrogen) atoms. The van der Waals surface area contributed by atoms with E-state index in [1.54, 1.807) is 17.7 Å². The summed E-state index contributed by atoms with van der Waals surface area (Å²) in [6, 6.07) is 20.9. The van der Waals surface area contributed by atoms with Crippen molar-refractivity contribution < 1.29 is 9.59 Å². The van der Waals surface area contributed by atoms with Crippen molar-refractivity contribution in [2.45, 2.75) is 19.8 Å². The molecule has 6 heteroatoms. The van der Waals surface area contributed by atoms with Gasteiger partial charge in [-0.05, 0) is 24.1 Å². The van der Waals surface area contributed by atoms with Crippen LogP contribution in [0.1, 0.15) is 29.4 Å². The third-order valence-corrected chi connectivity index (χ3v) is 4.07. The van der Waals surface area contributed by atoms with Crippen LogP contribution in [0.5, 0.6) is 0 Å². The van der Waals surface area contributed by atoms with Crippen molar-refractivity contribution in [1.29, 1.82) is 0 Å². The molecule has 3 rings (SSSR count). The van der Waals surface area contributed by atoms with Gasteiger partial charge >= 0.3 is 0 Å². The van der Waals surface area contributed by atoms with Gasteiger partial charge in [-0.3, -0.25) is 9.59 Å². The summed E-state index contributed by atoms with van der Waals surface area (Å²) in [4.78, 5) is 24.3. The summed E-state index contributed by atoms with van der Waals surface area (Å²) in [5.74, 6) is 0.0667. The fourth-order valence-electron chi connectivity index (χ4n) is 2.63. The maximum absolute atomic E-state index is 12.5. The van der Waals surface area contributed by atoms with Gasteiger partial charge in [-0.15, -0.1) is 0 Å². The molecule has 0 fully saturated rings. The second-order valence-electron chi connectivity index (χ2n) is 6.06. The summed E-state index contributed by atoms with van der Waals surface area (Å²) >= 11 is 0. The zero-order valence-corrected chi connectivity index (χ0v) is 15.2. The van der Waals surface area contributed by atoms with E-state index in [1.807, 2.05) is 60.7 Å². The summed E-state index contributed by atoms with van der Waals surface area (Å²) in [6.07, 6.45) is 1.09. The molecular weight excluding hydrogens is 340 g/mol. The van der Waals surface area contributed by atoms with Crippen molar-refractivity contribution in [1.82, 2.24) is 15.1 Å². The predicted octanol–water partition coefficient (Wildman–Crippen LogP) is 3.19. The second-order valence-corrected chi connectivity index (χ2v) is 6.06. The number of hydrogen-bond acceptors (Lipinski definition) is 3. The first kappa shape index (κ1) is 18.4. The number of nitrogens with zero attached hydrogens (tertiary/aromatic N) is 2. The van der Waals surface area contributed by atoms with E-state index in [9.17, 15) is 9.59 Å². The minimum absolute atomic E-state index is 0.136. The van der Waals surface area contributed by atoms with Gasteiger partial charge < -0.3 is 10.6 Å². The molecule has 0 aliphatic carbocycles. The largest absolute Gasteiger partial charge is 0.350 e. The molecule has 138 valence electrons. The molecule has 6 nitrogen and oxygen atoms in total. The van der Waals surface area contributed by atoms with Crippen LogP contribution in [0.3, 0.4) is 0 Å². The van der Waals surface area contributed by atoms with E-state index in [0.29, 0.717) is 18.8 Å². The van der Waals surface area contributed by atoms with Gasteiger partial charge in [-0.2, -0.15) is 5.10 Å².